The van der Waals surface area contributed by atoms with E-state index in [-0.39, 0.29) is 12.1 Å². The number of nitrogens with zero attached hydrogens (tertiary/aromatic N) is 2. The van der Waals surface area contributed by atoms with E-state index in [2.05, 4.69) is 14.5 Å². The van der Waals surface area contributed by atoms with E-state index in [4.69, 9.17) is 14.5 Å². The van der Waals surface area contributed by atoms with Gasteiger partial charge in [0.2, 0.25) is 0 Å². The molecule has 0 unspecified atom stereocenters. The van der Waals surface area contributed by atoms with Crippen LogP contribution in [0, 0.1) is 6.92 Å². The first-order valence-electron chi connectivity index (χ1n) is 8.77. The fraction of sp³-hybridized carbons (Fsp3) is 0.600. The van der Waals surface area contributed by atoms with E-state index in [9.17, 15) is 29.2 Å². The number of phosphoric acid groups is 1. The highest BCUT2D eigenvalue weighted by atomic mass is 31.2. The molecule has 3 amide bonds. The van der Waals surface area contributed by atoms with Crippen molar-refractivity contribution in [2.24, 2.45) is 0 Å². The van der Waals surface area contributed by atoms with Crippen LogP contribution in [-0.2, 0) is 18.6 Å². The van der Waals surface area contributed by atoms with Crippen LogP contribution in [0.3, 0.4) is 0 Å². The van der Waals surface area contributed by atoms with Crippen molar-refractivity contribution in [1.29, 1.82) is 0 Å². The number of aromatic amines is 1. The molecule has 2 fully saturated rings. The number of aliphatic hydroxyl groups is 2. The minimum absolute atomic E-state index is 0.0201. The van der Waals surface area contributed by atoms with E-state index in [0.717, 1.165) is 11.8 Å². The standard InChI is InChI=1S/C15H21N4O10P/c1-6-4-16-13(22)17-10(6)11-15(2,24)12(21)18-14(23)19(11)9-3-7(8(5-20)28-9)29-30(25,26)27/h4,7-9,11,20,24H,3,5H2,1-2H3,(H,16,17,22)(H,18,21,23)(H2,25,26,27)/t7-,8+,9+,11-,15+/m0/s1. The third kappa shape index (κ3) is 4.16. The molecule has 0 aromatic carbocycles. The number of nitrogens with one attached hydrogen (secondary N) is 2. The molecule has 2 saturated heterocycles. The number of amides is 3. The third-order valence-corrected chi connectivity index (χ3v) is 5.53. The lowest BCUT2D eigenvalue weighted by Gasteiger charge is -2.46. The third-order valence-electron chi connectivity index (χ3n) is 4.98. The van der Waals surface area contributed by atoms with Crippen molar-refractivity contribution in [2.45, 2.75) is 50.3 Å². The number of hydrogen-bond acceptors (Lipinski definition) is 9. The number of carbonyl (C=O) groups excluding carboxylic acids is 2. The highest BCUT2D eigenvalue weighted by Crippen LogP contribution is 2.44. The smallest absolute Gasteiger partial charge is 0.394 e. The molecule has 166 valence electrons. The molecule has 14 nitrogen and oxygen atoms in total. The van der Waals surface area contributed by atoms with Crippen molar-refractivity contribution in [3.05, 3.63) is 27.9 Å². The molecular weight excluding hydrogens is 427 g/mol. The van der Waals surface area contributed by atoms with Gasteiger partial charge in [-0.3, -0.25) is 19.5 Å². The summed E-state index contributed by atoms with van der Waals surface area (Å²) in [4.78, 5) is 61.8. The van der Waals surface area contributed by atoms with Crippen LogP contribution in [0.2, 0.25) is 0 Å². The van der Waals surface area contributed by atoms with Gasteiger partial charge in [0.1, 0.15) is 24.5 Å². The number of ether oxygens (including phenoxy) is 1. The molecule has 1 aromatic heterocycles. The van der Waals surface area contributed by atoms with Crippen LogP contribution in [0.25, 0.3) is 0 Å². The molecule has 30 heavy (non-hydrogen) atoms. The molecule has 15 heteroatoms. The predicted octanol–water partition coefficient (Wildman–Crippen LogP) is -1.99. The number of H-pyrrole nitrogens is 1. The molecule has 0 bridgehead atoms. The Morgan fingerprint density at radius 1 is 1.40 bits per heavy atom. The lowest BCUT2D eigenvalue weighted by molar-refractivity contribution is -0.159. The number of aryl methyl sites for hydroxylation is 1. The summed E-state index contributed by atoms with van der Waals surface area (Å²) in [6, 6.07) is -2.42. The van der Waals surface area contributed by atoms with Crippen molar-refractivity contribution in [3.8, 4) is 0 Å². The maximum absolute atomic E-state index is 12.7. The Labute approximate surface area is 169 Å². The number of rotatable bonds is 5. The molecule has 5 atom stereocenters. The van der Waals surface area contributed by atoms with E-state index in [1.54, 1.807) is 0 Å². The van der Waals surface area contributed by atoms with Crippen LogP contribution in [0.1, 0.15) is 30.6 Å². The SMILES string of the molecule is Cc1cnc(=O)[nH]c1[C@@H]1N([C@H]2C[C@H](OP(=O)(O)O)[C@@H](CO)O2)C(=O)NC(=O)[C@]1(C)O. The molecule has 2 aliphatic heterocycles. The molecule has 0 radical (unpaired) electrons. The summed E-state index contributed by atoms with van der Waals surface area (Å²) in [5.74, 6) is -1.02. The van der Waals surface area contributed by atoms with E-state index < -0.39 is 62.1 Å². The maximum Gasteiger partial charge on any atom is 0.469 e. The zero-order valence-electron chi connectivity index (χ0n) is 15.9. The van der Waals surface area contributed by atoms with Gasteiger partial charge >= 0.3 is 19.5 Å². The second-order valence-electron chi connectivity index (χ2n) is 7.18. The molecule has 6 N–H and O–H groups in total. The van der Waals surface area contributed by atoms with E-state index in [1.165, 1.54) is 13.1 Å². The highest BCUT2D eigenvalue weighted by molar-refractivity contribution is 7.46. The minimum atomic E-state index is -4.94. The monoisotopic (exact) mass is 448 g/mol. The quantitative estimate of drug-likeness (QED) is 0.271. The summed E-state index contributed by atoms with van der Waals surface area (Å²) in [6.45, 7) is 1.99. The molecule has 2 aliphatic rings. The molecule has 1 aromatic rings. The van der Waals surface area contributed by atoms with Crippen LogP contribution in [-0.4, -0.2) is 77.4 Å². The van der Waals surface area contributed by atoms with Crippen LogP contribution >= 0.6 is 7.82 Å². The van der Waals surface area contributed by atoms with Gasteiger partial charge in [0.05, 0.1) is 12.3 Å². The number of imide groups is 1. The van der Waals surface area contributed by atoms with Crippen LogP contribution in [0.5, 0.6) is 0 Å². The van der Waals surface area contributed by atoms with Gasteiger partial charge in [0.15, 0.2) is 5.60 Å². The average Bonchev–Trinajstić information content (AvgIpc) is 3.00. The normalized spacial score (nSPS) is 32.4. The first-order chi connectivity index (χ1) is 13.8. The summed E-state index contributed by atoms with van der Waals surface area (Å²) in [7, 11) is -4.94. The van der Waals surface area contributed by atoms with Gasteiger partial charge in [0, 0.05) is 12.6 Å². The Balaban J connectivity index is 2.05. The molecule has 3 rings (SSSR count). The van der Waals surface area contributed by atoms with Crippen molar-refractivity contribution < 1.29 is 43.4 Å². The number of urea groups is 1. The van der Waals surface area contributed by atoms with Gasteiger partial charge in [-0.15, -0.1) is 0 Å². The van der Waals surface area contributed by atoms with Gasteiger partial charge in [-0.05, 0) is 19.4 Å². The van der Waals surface area contributed by atoms with E-state index in [1.807, 2.05) is 5.32 Å². The van der Waals surface area contributed by atoms with Crippen molar-refractivity contribution in [1.82, 2.24) is 20.2 Å². The molecule has 0 aliphatic carbocycles. The minimum Gasteiger partial charge on any atom is -0.394 e. The van der Waals surface area contributed by atoms with Gasteiger partial charge in [0.25, 0.3) is 5.91 Å². The fourth-order valence-corrected chi connectivity index (χ4v) is 4.17. The number of aromatic nitrogens is 2. The molecule has 3 heterocycles. The summed E-state index contributed by atoms with van der Waals surface area (Å²) >= 11 is 0. The topological polar surface area (TPSA) is 212 Å². The highest BCUT2D eigenvalue weighted by Gasteiger charge is 2.56. The second-order valence-corrected chi connectivity index (χ2v) is 8.38. The summed E-state index contributed by atoms with van der Waals surface area (Å²) in [5.41, 5.74) is -2.63. The van der Waals surface area contributed by atoms with Crippen molar-refractivity contribution >= 4 is 19.8 Å². The van der Waals surface area contributed by atoms with E-state index >= 15 is 0 Å². The lowest BCUT2D eigenvalue weighted by atomic mass is 9.87. The van der Waals surface area contributed by atoms with Gasteiger partial charge < -0.3 is 29.7 Å². The maximum atomic E-state index is 12.7. The Hall–Kier alpha value is -2.19. The fourth-order valence-electron chi connectivity index (χ4n) is 3.60. The molecule has 0 saturated carbocycles. The lowest BCUT2D eigenvalue weighted by Crippen LogP contribution is -2.67. The number of carbonyl (C=O) groups is 2. The first-order valence-corrected chi connectivity index (χ1v) is 10.3. The zero-order chi connectivity index (χ0) is 22.4. The summed E-state index contributed by atoms with van der Waals surface area (Å²) in [6.07, 6.45) is -2.84. The average molecular weight is 448 g/mol. The number of hydrogen-bond donors (Lipinski definition) is 6. The Kier molecular flexibility index (Phi) is 5.86. The van der Waals surface area contributed by atoms with E-state index in [0.29, 0.717) is 5.56 Å². The van der Waals surface area contributed by atoms with Crippen molar-refractivity contribution in [2.75, 3.05) is 6.61 Å². The zero-order valence-corrected chi connectivity index (χ0v) is 16.8. The summed E-state index contributed by atoms with van der Waals surface area (Å²) < 4.78 is 21.4. The predicted molar refractivity (Wildman–Crippen MR) is 95.6 cm³/mol. The molecular formula is C15H21N4O10P. The molecule has 0 spiro atoms. The number of phosphoric ester groups is 1. The van der Waals surface area contributed by atoms with Crippen LogP contribution in [0.15, 0.2) is 11.0 Å². The van der Waals surface area contributed by atoms with Gasteiger partial charge in [-0.1, -0.05) is 0 Å². The van der Waals surface area contributed by atoms with Crippen LogP contribution < -0.4 is 11.0 Å². The Bertz CT molecular complexity index is 959. The Morgan fingerprint density at radius 2 is 2.07 bits per heavy atom. The largest absolute Gasteiger partial charge is 0.469 e. The first kappa shape index (κ1) is 22.5. The summed E-state index contributed by atoms with van der Waals surface area (Å²) in [5, 5.41) is 22.4. The van der Waals surface area contributed by atoms with Crippen molar-refractivity contribution in [3.63, 3.8) is 0 Å². The van der Waals surface area contributed by atoms with Gasteiger partial charge in [-0.25, -0.2) is 19.1 Å². The second kappa shape index (κ2) is 7.81. The van der Waals surface area contributed by atoms with Crippen LogP contribution in [0.4, 0.5) is 4.79 Å². The number of aliphatic hydroxyl groups excluding tert-OH is 1. The Morgan fingerprint density at radius 3 is 2.67 bits per heavy atom. The van der Waals surface area contributed by atoms with Gasteiger partial charge in [-0.2, -0.15) is 0 Å².